The first-order valence-corrected chi connectivity index (χ1v) is 5.82. The fourth-order valence-electron chi connectivity index (χ4n) is 1.13. The molecule has 0 bridgehead atoms. The van der Waals surface area contributed by atoms with E-state index in [9.17, 15) is 9.59 Å². The molecule has 0 heterocycles. The molecule has 0 atom stereocenters. The summed E-state index contributed by atoms with van der Waals surface area (Å²) >= 11 is 0. The van der Waals surface area contributed by atoms with E-state index in [1.54, 1.807) is 14.0 Å². The van der Waals surface area contributed by atoms with Crippen LogP contribution < -0.4 is 10.6 Å². The lowest BCUT2D eigenvalue weighted by Crippen LogP contribution is -2.35. The molecule has 0 rings (SSSR count). The zero-order chi connectivity index (χ0) is 12.9. The summed E-state index contributed by atoms with van der Waals surface area (Å²) in [5.41, 5.74) is 0. The first-order valence-electron chi connectivity index (χ1n) is 5.82. The minimum Gasteiger partial charge on any atom is -0.466 e. The van der Waals surface area contributed by atoms with Crippen LogP contribution in [-0.2, 0) is 19.1 Å². The summed E-state index contributed by atoms with van der Waals surface area (Å²) < 4.78 is 9.59. The molecule has 0 aromatic heterocycles. The number of hydrogen-bond donors (Lipinski definition) is 2. The number of ether oxygens (including phenoxy) is 2. The molecule has 0 aliphatic heterocycles. The lowest BCUT2D eigenvalue weighted by Gasteiger charge is -2.06. The van der Waals surface area contributed by atoms with Crippen LogP contribution in [0.5, 0.6) is 0 Å². The maximum atomic E-state index is 11.2. The van der Waals surface area contributed by atoms with E-state index in [1.165, 1.54) is 0 Å². The summed E-state index contributed by atoms with van der Waals surface area (Å²) in [5.74, 6) is -0.301. The molecule has 0 spiro atoms. The Balaban J connectivity index is 3.30. The van der Waals surface area contributed by atoms with Crippen molar-refractivity contribution in [3.8, 4) is 0 Å². The van der Waals surface area contributed by atoms with Crippen LogP contribution in [0.25, 0.3) is 0 Å². The van der Waals surface area contributed by atoms with Gasteiger partial charge in [0, 0.05) is 26.6 Å². The Hall–Kier alpha value is -1.14. The van der Waals surface area contributed by atoms with Crippen LogP contribution in [0.3, 0.4) is 0 Å². The Labute approximate surface area is 102 Å². The summed E-state index contributed by atoms with van der Waals surface area (Å²) in [7, 11) is 1.61. The second-order valence-corrected chi connectivity index (χ2v) is 3.43. The molecule has 0 aliphatic rings. The zero-order valence-electron chi connectivity index (χ0n) is 10.6. The van der Waals surface area contributed by atoms with Gasteiger partial charge in [-0.2, -0.15) is 0 Å². The first kappa shape index (κ1) is 15.9. The van der Waals surface area contributed by atoms with Gasteiger partial charge in [0.25, 0.3) is 0 Å². The smallest absolute Gasteiger partial charge is 0.305 e. The van der Waals surface area contributed by atoms with E-state index >= 15 is 0 Å². The topological polar surface area (TPSA) is 76.7 Å². The van der Waals surface area contributed by atoms with Crippen molar-refractivity contribution < 1.29 is 19.1 Å². The van der Waals surface area contributed by atoms with E-state index in [-0.39, 0.29) is 18.4 Å². The number of carbonyl (C=O) groups excluding carboxylic acids is 2. The van der Waals surface area contributed by atoms with Crippen molar-refractivity contribution in [2.75, 3.05) is 40.0 Å². The molecule has 0 saturated heterocycles. The maximum Gasteiger partial charge on any atom is 0.305 e. The summed E-state index contributed by atoms with van der Waals surface area (Å²) in [6.07, 6.45) is 0.938. The molecule has 0 fully saturated rings. The largest absolute Gasteiger partial charge is 0.466 e. The number of esters is 1. The van der Waals surface area contributed by atoms with Crippen molar-refractivity contribution in [2.45, 2.75) is 19.8 Å². The predicted octanol–water partition coefficient (Wildman–Crippen LogP) is -0.318. The molecule has 17 heavy (non-hydrogen) atoms. The Kier molecular flexibility index (Phi) is 10.6. The Morgan fingerprint density at radius 1 is 1.24 bits per heavy atom. The average Bonchev–Trinajstić information content (AvgIpc) is 2.31. The summed E-state index contributed by atoms with van der Waals surface area (Å²) in [6, 6.07) is 0. The van der Waals surface area contributed by atoms with Crippen molar-refractivity contribution in [2.24, 2.45) is 0 Å². The van der Waals surface area contributed by atoms with Crippen LogP contribution in [0.1, 0.15) is 19.8 Å². The fraction of sp³-hybridized carbons (Fsp3) is 0.818. The second-order valence-electron chi connectivity index (χ2n) is 3.43. The van der Waals surface area contributed by atoms with Gasteiger partial charge in [0.05, 0.1) is 19.8 Å². The molecule has 100 valence electrons. The Bertz CT molecular complexity index is 222. The molecule has 0 saturated carbocycles. The highest BCUT2D eigenvalue weighted by Gasteiger charge is 2.02. The molecule has 0 aliphatic carbocycles. The van der Waals surface area contributed by atoms with Crippen molar-refractivity contribution in [3.05, 3.63) is 0 Å². The van der Waals surface area contributed by atoms with Crippen molar-refractivity contribution in [1.29, 1.82) is 0 Å². The van der Waals surface area contributed by atoms with E-state index in [0.29, 0.717) is 39.1 Å². The summed E-state index contributed by atoms with van der Waals surface area (Å²) in [5, 5.41) is 5.63. The van der Waals surface area contributed by atoms with Gasteiger partial charge in [0.1, 0.15) is 0 Å². The van der Waals surface area contributed by atoms with Crippen molar-refractivity contribution in [1.82, 2.24) is 10.6 Å². The van der Waals surface area contributed by atoms with Gasteiger partial charge < -0.3 is 20.1 Å². The quantitative estimate of drug-likeness (QED) is 0.408. The van der Waals surface area contributed by atoms with Gasteiger partial charge in [-0.3, -0.25) is 9.59 Å². The summed E-state index contributed by atoms with van der Waals surface area (Å²) in [6.45, 7) is 4.15. The molecule has 1 amide bonds. The maximum absolute atomic E-state index is 11.2. The molecular formula is C11H22N2O4. The molecule has 2 N–H and O–H groups in total. The lowest BCUT2D eigenvalue weighted by molar-refractivity contribution is -0.143. The number of hydrogen-bond acceptors (Lipinski definition) is 5. The third-order valence-electron chi connectivity index (χ3n) is 1.95. The summed E-state index contributed by atoms with van der Waals surface area (Å²) in [4.78, 5) is 22.2. The van der Waals surface area contributed by atoms with Gasteiger partial charge in [-0.05, 0) is 13.3 Å². The standard InChI is InChI=1S/C11H22N2O4/c1-3-17-11(15)5-4-6-13-10(14)9-12-7-8-16-2/h12H,3-9H2,1-2H3,(H,13,14). The number of rotatable bonds is 10. The van der Waals surface area contributed by atoms with Gasteiger partial charge in [-0.15, -0.1) is 0 Å². The van der Waals surface area contributed by atoms with Crippen LogP contribution in [0.2, 0.25) is 0 Å². The molecule has 0 unspecified atom stereocenters. The number of methoxy groups -OCH3 is 1. The van der Waals surface area contributed by atoms with Crippen LogP contribution in [0, 0.1) is 0 Å². The van der Waals surface area contributed by atoms with E-state index < -0.39 is 0 Å². The SMILES string of the molecule is CCOC(=O)CCCNC(=O)CNCCOC. The minimum absolute atomic E-state index is 0.0787. The van der Waals surface area contributed by atoms with Crippen LogP contribution in [0.15, 0.2) is 0 Å². The van der Waals surface area contributed by atoms with Gasteiger partial charge >= 0.3 is 5.97 Å². The fourth-order valence-corrected chi connectivity index (χ4v) is 1.13. The second kappa shape index (κ2) is 11.3. The highest BCUT2D eigenvalue weighted by Crippen LogP contribution is 1.90. The Morgan fingerprint density at radius 2 is 2.00 bits per heavy atom. The van der Waals surface area contributed by atoms with Gasteiger partial charge in [0.15, 0.2) is 0 Å². The van der Waals surface area contributed by atoms with Crippen LogP contribution in [-0.4, -0.2) is 51.8 Å². The molecule has 0 radical (unpaired) electrons. The molecule has 6 heteroatoms. The third kappa shape index (κ3) is 11.1. The highest BCUT2D eigenvalue weighted by molar-refractivity contribution is 5.78. The van der Waals surface area contributed by atoms with Gasteiger partial charge in [-0.1, -0.05) is 0 Å². The van der Waals surface area contributed by atoms with Gasteiger partial charge in [0.2, 0.25) is 5.91 Å². The number of amides is 1. The van der Waals surface area contributed by atoms with E-state index in [1.807, 2.05) is 0 Å². The van der Waals surface area contributed by atoms with Gasteiger partial charge in [-0.25, -0.2) is 0 Å². The minimum atomic E-state index is -0.222. The van der Waals surface area contributed by atoms with E-state index in [2.05, 4.69) is 10.6 Å². The van der Waals surface area contributed by atoms with Crippen molar-refractivity contribution in [3.63, 3.8) is 0 Å². The molecular weight excluding hydrogens is 224 g/mol. The number of carbonyl (C=O) groups is 2. The van der Waals surface area contributed by atoms with Crippen LogP contribution >= 0.6 is 0 Å². The van der Waals surface area contributed by atoms with E-state index in [4.69, 9.17) is 9.47 Å². The third-order valence-corrected chi connectivity index (χ3v) is 1.95. The monoisotopic (exact) mass is 246 g/mol. The molecule has 0 aromatic rings. The highest BCUT2D eigenvalue weighted by atomic mass is 16.5. The Morgan fingerprint density at radius 3 is 2.65 bits per heavy atom. The lowest BCUT2D eigenvalue weighted by atomic mass is 10.3. The molecule has 0 aromatic carbocycles. The van der Waals surface area contributed by atoms with Crippen LogP contribution in [0.4, 0.5) is 0 Å². The first-order chi connectivity index (χ1) is 8.20. The van der Waals surface area contributed by atoms with E-state index in [0.717, 1.165) is 0 Å². The number of nitrogens with one attached hydrogen (secondary N) is 2. The normalized spacial score (nSPS) is 10.0. The predicted molar refractivity (Wildman–Crippen MR) is 63.6 cm³/mol. The van der Waals surface area contributed by atoms with Crippen molar-refractivity contribution >= 4 is 11.9 Å². The zero-order valence-corrected chi connectivity index (χ0v) is 10.6. The average molecular weight is 246 g/mol. The molecule has 6 nitrogen and oxygen atoms in total.